The highest BCUT2D eigenvalue weighted by molar-refractivity contribution is 6.10. The minimum absolute atomic E-state index is 0.00495. The van der Waals surface area contributed by atoms with Crippen molar-refractivity contribution in [2.75, 3.05) is 17.6 Å². The molecule has 0 atom stereocenters. The molecule has 0 heterocycles. The quantitative estimate of drug-likeness (QED) is 0.0537. The maximum absolute atomic E-state index is 12.8. The number of amides is 1. The van der Waals surface area contributed by atoms with Crippen molar-refractivity contribution in [3.8, 4) is 11.5 Å². The summed E-state index contributed by atoms with van der Waals surface area (Å²) in [7, 11) is 0. The zero-order valence-electron chi connectivity index (χ0n) is 23.5. The van der Waals surface area contributed by atoms with Gasteiger partial charge in [0, 0.05) is 5.69 Å². The van der Waals surface area contributed by atoms with Crippen LogP contribution in [-0.2, 0) is 34.4 Å². The first-order valence-corrected chi connectivity index (χ1v) is 13.2. The monoisotopic (exact) mass is 620 g/mol. The number of nitrogens with one attached hydrogen (secondary N) is 2. The maximum atomic E-state index is 12.8. The van der Waals surface area contributed by atoms with Gasteiger partial charge in [-0.25, -0.2) is 19.4 Å². The number of aromatic carboxylic acids is 2. The van der Waals surface area contributed by atoms with Crippen molar-refractivity contribution in [2.24, 2.45) is 0 Å². The van der Waals surface area contributed by atoms with Crippen LogP contribution in [0, 0.1) is 0 Å². The highest BCUT2D eigenvalue weighted by Gasteiger charge is 2.18. The van der Waals surface area contributed by atoms with E-state index in [1.54, 1.807) is 48.5 Å². The summed E-state index contributed by atoms with van der Waals surface area (Å²) in [5.41, 5.74) is 5.04. The number of ether oxygens (including phenoxy) is 2. The van der Waals surface area contributed by atoms with Crippen LogP contribution in [0.15, 0.2) is 84.9 Å². The molecule has 4 aromatic carbocycles. The number of anilines is 2. The van der Waals surface area contributed by atoms with Crippen molar-refractivity contribution in [2.45, 2.75) is 19.8 Å². The van der Waals surface area contributed by atoms with Gasteiger partial charge in [0.05, 0.1) is 22.4 Å². The Labute approximate surface area is 255 Å². The molecule has 0 aromatic heterocycles. The lowest BCUT2D eigenvalue weighted by atomic mass is 10.0. The molecular formula is C31H28N2O12. The molecular weight excluding hydrogens is 592 g/mol. The smallest absolute Gasteiger partial charge is 0.336 e. The number of carboxylic acids is 2. The lowest BCUT2D eigenvalue weighted by Crippen LogP contribution is -2.17. The van der Waals surface area contributed by atoms with Crippen molar-refractivity contribution >= 4 is 29.2 Å². The second-order valence-electron chi connectivity index (χ2n) is 9.32. The van der Waals surface area contributed by atoms with E-state index in [-0.39, 0.29) is 43.3 Å². The van der Waals surface area contributed by atoms with Crippen molar-refractivity contribution in [1.29, 1.82) is 0 Å². The van der Waals surface area contributed by atoms with Gasteiger partial charge in [-0.05, 0) is 89.5 Å². The molecule has 14 heteroatoms. The van der Waals surface area contributed by atoms with Gasteiger partial charge in [-0.2, -0.15) is 0 Å². The minimum atomic E-state index is -1.27. The molecule has 0 fully saturated rings. The topological polar surface area (TPSA) is 202 Å². The van der Waals surface area contributed by atoms with Gasteiger partial charge in [-0.3, -0.25) is 25.6 Å². The molecule has 14 nitrogen and oxygen atoms in total. The zero-order chi connectivity index (χ0) is 32.2. The molecule has 4 aromatic rings. The second-order valence-corrected chi connectivity index (χ2v) is 9.32. The lowest BCUT2D eigenvalue weighted by molar-refractivity contribution is -0.253. The number of carbonyl (C=O) groups excluding carboxylic acids is 1. The third kappa shape index (κ3) is 9.24. The van der Waals surface area contributed by atoms with E-state index in [1.807, 2.05) is 0 Å². The fourth-order valence-corrected chi connectivity index (χ4v) is 4.05. The molecule has 234 valence electrons. The van der Waals surface area contributed by atoms with Gasteiger partial charge >= 0.3 is 11.9 Å². The number of hydrogen-bond acceptors (Lipinski definition) is 11. The van der Waals surface area contributed by atoms with Crippen LogP contribution in [0.5, 0.6) is 11.5 Å². The summed E-state index contributed by atoms with van der Waals surface area (Å²) < 4.78 is 11.2. The van der Waals surface area contributed by atoms with E-state index in [2.05, 4.69) is 20.6 Å². The van der Waals surface area contributed by atoms with E-state index in [1.165, 1.54) is 36.4 Å². The third-order valence-electron chi connectivity index (χ3n) is 6.30. The molecule has 0 spiro atoms. The van der Waals surface area contributed by atoms with Crippen LogP contribution in [-0.4, -0.2) is 45.4 Å². The van der Waals surface area contributed by atoms with Crippen LogP contribution in [0.3, 0.4) is 0 Å². The van der Waals surface area contributed by atoms with Gasteiger partial charge < -0.3 is 25.0 Å². The summed E-state index contributed by atoms with van der Waals surface area (Å²) in [6.45, 7) is -0.446. The molecule has 0 unspecified atom stereocenters. The van der Waals surface area contributed by atoms with E-state index in [0.29, 0.717) is 39.6 Å². The van der Waals surface area contributed by atoms with Crippen molar-refractivity contribution in [3.05, 3.63) is 118 Å². The molecule has 6 N–H and O–H groups in total. The highest BCUT2D eigenvalue weighted by Crippen LogP contribution is 2.21. The van der Waals surface area contributed by atoms with E-state index in [9.17, 15) is 24.6 Å². The highest BCUT2D eigenvalue weighted by atomic mass is 17.1. The molecule has 0 saturated carbocycles. The number of benzene rings is 4. The van der Waals surface area contributed by atoms with Crippen molar-refractivity contribution in [3.63, 3.8) is 0 Å². The van der Waals surface area contributed by atoms with E-state index < -0.39 is 17.8 Å². The predicted octanol–water partition coefficient (Wildman–Crippen LogP) is 5.27. The largest absolute Gasteiger partial charge is 0.478 e. The summed E-state index contributed by atoms with van der Waals surface area (Å²) >= 11 is 0. The van der Waals surface area contributed by atoms with Crippen LogP contribution in [0.2, 0.25) is 0 Å². The van der Waals surface area contributed by atoms with Gasteiger partial charge in [0.15, 0.2) is 0 Å². The first kappa shape index (κ1) is 32.4. The van der Waals surface area contributed by atoms with E-state index in [4.69, 9.17) is 24.8 Å². The lowest BCUT2D eigenvalue weighted by Gasteiger charge is -2.12. The molecule has 0 saturated heterocycles. The number of carbonyl (C=O) groups is 3. The van der Waals surface area contributed by atoms with Gasteiger partial charge in [-0.15, -0.1) is 0 Å². The average Bonchev–Trinajstić information content (AvgIpc) is 3.03. The zero-order valence-corrected chi connectivity index (χ0v) is 23.5. The maximum Gasteiger partial charge on any atom is 0.336 e. The summed E-state index contributed by atoms with van der Waals surface area (Å²) in [5, 5.41) is 38.7. The molecule has 0 aliphatic carbocycles. The average molecular weight is 621 g/mol. The van der Waals surface area contributed by atoms with Crippen LogP contribution >= 0.6 is 0 Å². The summed E-state index contributed by atoms with van der Waals surface area (Å²) in [6.07, 6.45) is 0. The summed E-state index contributed by atoms with van der Waals surface area (Å²) in [5.74, 6) is -2.06. The van der Waals surface area contributed by atoms with Crippen molar-refractivity contribution < 1.29 is 59.2 Å². The third-order valence-corrected chi connectivity index (χ3v) is 6.30. The first-order chi connectivity index (χ1) is 21.8. The van der Waals surface area contributed by atoms with Crippen LogP contribution in [0.4, 0.5) is 11.4 Å². The Balaban J connectivity index is 1.24. The Morgan fingerprint density at radius 1 is 0.622 bits per heavy atom. The number of rotatable bonds is 16. The van der Waals surface area contributed by atoms with Gasteiger partial charge in [0.2, 0.25) is 6.79 Å². The van der Waals surface area contributed by atoms with Crippen LogP contribution in [0.1, 0.15) is 47.8 Å². The Hall–Kier alpha value is -5.51. The van der Waals surface area contributed by atoms with Crippen LogP contribution in [0.25, 0.3) is 0 Å². The normalized spacial score (nSPS) is 10.6. The molecule has 0 bridgehead atoms. The fraction of sp³-hybridized carbons (Fsp3) is 0.129. The molecule has 0 aliphatic rings. The number of hydrogen-bond donors (Lipinski definition) is 6. The molecule has 4 rings (SSSR count). The van der Waals surface area contributed by atoms with Gasteiger partial charge in [-0.1, -0.05) is 12.1 Å². The Morgan fingerprint density at radius 3 is 1.87 bits per heavy atom. The second kappa shape index (κ2) is 15.8. The van der Waals surface area contributed by atoms with Gasteiger partial charge in [0.25, 0.3) is 5.91 Å². The number of carboxylic acid groups (broad SMARTS) is 2. The summed E-state index contributed by atoms with van der Waals surface area (Å²) in [4.78, 5) is 49.3. The SMILES string of the molecule is O=C(O)c1ccc(COO)c(CONc2ccc(OCOc3ccc(NC(=O)c4cc(COO)ccc4C(=O)O)cc3)cc2)c1. The Kier molecular flexibility index (Phi) is 11.4. The summed E-state index contributed by atoms with van der Waals surface area (Å²) in [6, 6.07) is 21.5. The molecule has 0 radical (unpaired) electrons. The van der Waals surface area contributed by atoms with Crippen molar-refractivity contribution in [1.82, 2.24) is 0 Å². The van der Waals surface area contributed by atoms with Gasteiger partial charge in [0.1, 0.15) is 31.3 Å². The predicted molar refractivity (Wildman–Crippen MR) is 157 cm³/mol. The Bertz CT molecular complexity index is 1630. The Morgan fingerprint density at radius 2 is 1.27 bits per heavy atom. The fourth-order valence-electron chi connectivity index (χ4n) is 4.05. The molecule has 45 heavy (non-hydrogen) atoms. The molecule has 1 amide bonds. The van der Waals surface area contributed by atoms with Crippen LogP contribution < -0.4 is 20.3 Å². The van der Waals surface area contributed by atoms with E-state index in [0.717, 1.165) is 0 Å². The first-order valence-electron chi connectivity index (χ1n) is 13.2. The standard InChI is InChI=1S/C31H28N2O12/c34-29(28-13-19(15-44-39)1-12-27(28)31(37)38)32-23-4-8-25(9-5-23)41-18-42-26-10-6-24(7-11-26)33-43-16-22-14-20(30(35)36)2-3-21(22)17-45-40/h1-14,33,39-40H,15-18H2,(H,32,34)(H,35,36)(H,37,38). The minimum Gasteiger partial charge on any atom is -0.478 e. The molecule has 0 aliphatic heterocycles. The van der Waals surface area contributed by atoms with E-state index >= 15 is 0 Å².